The Bertz CT molecular complexity index is 619. The van der Waals surface area contributed by atoms with Crippen molar-refractivity contribution in [2.45, 2.75) is 117 Å². The minimum atomic E-state index is -0.00239. The fourth-order valence-electron chi connectivity index (χ4n) is 5.95. The zero-order valence-corrected chi connectivity index (χ0v) is 20.2. The van der Waals surface area contributed by atoms with Crippen LogP contribution in [0.1, 0.15) is 116 Å². The summed E-state index contributed by atoms with van der Waals surface area (Å²) in [6.45, 7) is 4.55. The molecular weight excluding hydrogens is 380 g/mol. The standard InChI is InChI=1S/C29H46O2/c1-3-5-7-8-10-24-13-21-28(22-14-24)31-29(30)27-19-17-26(18-20-27)25-15-11-23(12-16-25)9-6-4-2/h13-14,21-23,25-27H,3-12,15-20H2,1-2H3. The van der Waals surface area contributed by atoms with Crippen molar-refractivity contribution < 1.29 is 9.53 Å². The fourth-order valence-corrected chi connectivity index (χ4v) is 5.95. The Morgan fingerprint density at radius 1 is 0.774 bits per heavy atom. The van der Waals surface area contributed by atoms with Gasteiger partial charge in [-0.1, -0.05) is 77.3 Å². The van der Waals surface area contributed by atoms with Crippen molar-refractivity contribution in [2.24, 2.45) is 23.7 Å². The molecule has 0 spiro atoms. The van der Waals surface area contributed by atoms with Crippen LogP contribution in [0.3, 0.4) is 0 Å². The Morgan fingerprint density at radius 2 is 1.39 bits per heavy atom. The maximum absolute atomic E-state index is 12.7. The first-order valence-corrected chi connectivity index (χ1v) is 13.5. The molecule has 0 bridgehead atoms. The van der Waals surface area contributed by atoms with E-state index in [0.29, 0.717) is 0 Å². The van der Waals surface area contributed by atoms with Crippen molar-refractivity contribution in [3.63, 3.8) is 0 Å². The van der Waals surface area contributed by atoms with E-state index >= 15 is 0 Å². The summed E-state index contributed by atoms with van der Waals surface area (Å²) in [6.07, 6.45) is 20.7. The minimum absolute atomic E-state index is 0.00239. The molecular formula is C29H46O2. The first kappa shape index (κ1) is 24.3. The first-order chi connectivity index (χ1) is 15.2. The van der Waals surface area contributed by atoms with Gasteiger partial charge >= 0.3 is 5.97 Å². The van der Waals surface area contributed by atoms with Crippen molar-refractivity contribution in [3.05, 3.63) is 29.8 Å². The molecule has 0 amide bonds. The lowest BCUT2D eigenvalue weighted by atomic mass is 9.68. The molecule has 0 saturated heterocycles. The molecule has 1 aromatic rings. The summed E-state index contributed by atoms with van der Waals surface area (Å²) >= 11 is 0. The van der Waals surface area contributed by atoms with Gasteiger partial charge in [0.1, 0.15) is 5.75 Å². The average molecular weight is 427 g/mol. The van der Waals surface area contributed by atoms with Crippen LogP contribution in [0.5, 0.6) is 5.75 Å². The number of unbranched alkanes of at least 4 members (excludes halogenated alkanes) is 4. The van der Waals surface area contributed by atoms with Crippen LogP contribution in [-0.2, 0) is 11.2 Å². The summed E-state index contributed by atoms with van der Waals surface area (Å²) in [4.78, 5) is 12.7. The van der Waals surface area contributed by atoms with Gasteiger partial charge < -0.3 is 4.74 Å². The molecule has 2 heteroatoms. The number of hydrogen-bond donors (Lipinski definition) is 0. The van der Waals surface area contributed by atoms with Crippen LogP contribution < -0.4 is 4.74 Å². The molecule has 2 aliphatic carbocycles. The molecule has 2 nitrogen and oxygen atoms in total. The molecule has 0 radical (unpaired) electrons. The second-order valence-corrected chi connectivity index (χ2v) is 10.4. The summed E-state index contributed by atoms with van der Waals surface area (Å²) in [5.41, 5.74) is 1.35. The Kier molecular flexibility index (Phi) is 10.4. The number of carbonyl (C=O) groups is 1. The molecule has 0 unspecified atom stereocenters. The third kappa shape index (κ3) is 7.95. The van der Waals surface area contributed by atoms with Gasteiger partial charge in [0.15, 0.2) is 0 Å². The first-order valence-electron chi connectivity index (χ1n) is 13.5. The highest BCUT2D eigenvalue weighted by atomic mass is 16.5. The molecule has 3 rings (SSSR count). The van der Waals surface area contributed by atoms with Gasteiger partial charge in [-0.25, -0.2) is 0 Å². The fraction of sp³-hybridized carbons (Fsp3) is 0.759. The lowest BCUT2D eigenvalue weighted by molar-refractivity contribution is -0.140. The Morgan fingerprint density at radius 3 is 2.00 bits per heavy atom. The molecule has 31 heavy (non-hydrogen) atoms. The number of rotatable bonds is 11. The second-order valence-electron chi connectivity index (χ2n) is 10.4. The van der Waals surface area contributed by atoms with E-state index in [4.69, 9.17) is 4.74 Å². The Labute approximate surface area is 191 Å². The third-order valence-electron chi connectivity index (χ3n) is 8.09. The quantitative estimate of drug-likeness (QED) is 0.201. The van der Waals surface area contributed by atoms with Gasteiger partial charge in [0.25, 0.3) is 0 Å². The van der Waals surface area contributed by atoms with Gasteiger partial charge in [-0.15, -0.1) is 0 Å². The highest BCUT2D eigenvalue weighted by Crippen LogP contribution is 2.42. The van der Waals surface area contributed by atoms with Gasteiger partial charge in [0.05, 0.1) is 5.92 Å². The van der Waals surface area contributed by atoms with Crippen LogP contribution in [0.25, 0.3) is 0 Å². The molecule has 0 N–H and O–H groups in total. The molecule has 2 aliphatic rings. The third-order valence-corrected chi connectivity index (χ3v) is 8.09. The molecule has 1 aromatic carbocycles. The predicted molar refractivity (Wildman–Crippen MR) is 130 cm³/mol. The van der Waals surface area contributed by atoms with E-state index < -0.39 is 0 Å². The van der Waals surface area contributed by atoms with E-state index in [2.05, 4.69) is 26.0 Å². The maximum Gasteiger partial charge on any atom is 0.314 e. The van der Waals surface area contributed by atoms with Gasteiger partial charge in [0, 0.05) is 0 Å². The van der Waals surface area contributed by atoms with Crippen molar-refractivity contribution in [1.82, 2.24) is 0 Å². The Balaban J connectivity index is 1.35. The molecule has 0 heterocycles. The van der Waals surface area contributed by atoms with E-state index in [-0.39, 0.29) is 11.9 Å². The van der Waals surface area contributed by atoms with Crippen molar-refractivity contribution in [1.29, 1.82) is 0 Å². The zero-order valence-electron chi connectivity index (χ0n) is 20.2. The predicted octanol–water partition coefficient (Wildman–Crippen LogP) is 8.52. The second kappa shape index (κ2) is 13.3. The number of hydrogen-bond acceptors (Lipinski definition) is 2. The number of carbonyl (C=O) groups excluding carboxylic acids is 1. The number of aryl methyl sites for hydroxylation is 1. The Hall–Kier alpha value is -1.31. The van der Waals surface area contributed by atoms with Gasteiger partial charge in [0.2, 0.25) is 0 Å². The number of esters is 1. The van der Waals surface area contributed by atoms with Crippen LogP contribution in [0.4, 0.5) is 0 Å². The van der Waals surface area contributed by atoms with Crippen LogP contribution in [0.15, 0.2) is 24.3 Å². The SMILES string of the molecule is CCCCCCc1ccc(OC(=O)C2CCC(C3CCC(CCCC)CC3)CC2)cc1. The van der Waals surface area contributed by atoms with Gasteiger partial charge in [-0.3, -0.25) is 4.79 Å². The lowest BCUT2D eigenvalue weighted by Gasteiger charge is -2.37. The molecule has 2 fully saturated rings. The summed E-state index contributed by atoms with van der Waals surface area (Å²) in [7, 11) is 0. The summed E-state index contributed by atoms with van der Waals surface area (Å²) in [5.74, 6) is 3.58. The number of ether oxygens (including phenoxy) is 1. The van der Waals surface area contributed by atoms with Crippen LogP contribution >= 0.6 is 0 Å². The molecule has 0 aliphatic heterocycles. The van der Waals surface area contributed by atoms with Crippen molar-refractivity contribution in [3.8, 4) is 5.75 Å². The topological polar surface area (TPSA) is 26.3 Å². The van der Waals surface area contributed by atoms with Gasteiger partial charge in [-0.05, 0) is 86.8 Å². The molecule has 174 valence electrons. The normalized spacial score (nSPS) is 26.5. The average Bonchev–Trinajstić information content (AvgIpc) is 2.82. The molecule has 2 saturated carbocycles. The van der Waals surface area contributed by atoms with E-state index in [9.17, 15) is 4.79 Å². The van der Waals surface area contributed by atoms with Crippen LogP contribution in [0.2, 0.25) is 0 Å². The van der Waals surface area contributed by atoms with Crippen LogP contribution in [0, 0.1) is 23.7 Å². The van der Waals surface area contributed by atoms with Crippen molar-refractivity contribution >= 4 is 5.97 Å². The van der Waals surface area contributed by atoms with E-state index in [1.807, 2.05) is 12.1 Å². The number of benzene rings is 1. The minimum Gasteiger partial charge on any atom is -0.426 e. The highest BCUT2D eigenvalue weighted by Gasteiger charge is 2.33. The zero-order chi connectivity index (χ0) is 21.9. The van der Waals surface area contributed by atoms with E-state index in [1.54, 1.807) is 0 Å². The maximum atomic E-state index is 12.7. The van der Waals surface area contributed by atoms with E-state index in [0.717, 1.165) is 42.8 Å². The monoisotopic (exact) mass is 426 g/mol. The van der Waals surface area contributed by atoms with Gasteiger partial charge in [-0.2, -0.15) is 0 Å². The smallest absolute Gasteiger partial charge is 0.314 e. The summed E-state index contributed by atoms with van der Waals surface area (Å²) in [5, 5.41) is 0. The lowest BCUT2D eigenvalue weighted by Crippen LogP contribution is -2.30. The van der Waals surface area contributed by atoms with Crippen LogP contribution in [-0.4, -0.2) is 5.97 Å². The molecule has 0 aromatic heterocycles. The summed E-state index contributed by atoms with van der Waals surface area (Å²) < 4.78 is 5.75. The van der Waals surface area contributed by atoms with E-state index in [1.165, 1.54) is 89.0 Å². The molecule has 0 atom stereocenters. The summed E-state index contributed by atoms with van der Waals surface area (Å²) in [6, 6.07) is 8.22. The van der Waals surface area contributed by atoms with Crippen molar-refractivity contribution in [2.75, 3.05) is 0 Å². The highest BCUT2D eigenvalue weighted by molar-refractivity contribution is 5.75. The largest absolute Gasteiger partial charge is 0.426 e.